The number of carbonyl (C=O) groups is 2. The first kappa shape index (κ1) is 15.4. The van der Waals surface area contributed by atoms with E-state index in [0.717, 1.165) is 24.8 Å². The smallest absolute Gasteiger partial charge is 0.293 e. The van der Waals surface area contributed by atoms with Crippen LogP contribution in [0.25, 0.3) is 0 Å². The van der Waals surface area contributed by atoms with Crippen molar-refractivity contribution in [1.29, 1.82) is 0 Å². The molecule has 3 nitrogen and oxygen atoms in total. The van der Waals surface area contributed by atoms with E-state index in [1.807, 2.05) is 30.3 Å². The fraction of sp³-hybridized carbons (Fsp3) is 0.500. The lowest BCUT2D eigenvalue weighted by Gasteiger charge is -2.10. The van der Waals surface area contributed by atoms with Gasteiger partial charge < -0.3 is 4.74 Å². The van der Waals surface area contributed by atoms with Gasteiger partial charge in [0, 0.05) is 12.8 Å². The molecular weight excluding hydrogens is 240 g/mol. The van der Waals surface area contributed by atoms with E-state index >= 15 is 0 Å². The second-order valence-electron chi connectivity index (χ2n) is 5.18. The quantitative estimate of drug-likeness (QED) is 0.781. The van der Waals surface area contributed by atoms with Crippen molar-refractivity contribution < 1.29 is 14.3 Å². The van der Waals surface area contributed by atoms with Crippen molar-refractivity contribution in [3.63, 3.8) is 0 Å². The lowest BCUT2D eigenvalue weighted by molar-refractivity contribution is -0.129. The summed E-state index contributed by atoms with van der Waals surface area (Å²) in [4.78, 5) is 20.5. The molecule has 2 rings (SSSR count). The van der Waals surface area contributed by atoms with Crippen molar-refractivity contribution in [2.75, 3.05) is 0 Å². The minimum Gasteiger partial charge on any atom is -0.463 e. The highest BCUT2D eigenvalue weighted by Crippen LogP contribution is 2.28. The predicted molar refractivity (Wildman–Crippen MR) is 74.5 cm³/mol. The van der Waals surface area contributed by atoms with Gasteiger partial charge in [-0.3, -0.25) is 9.59 Å². The summed E-state index contributed by atoms with van der Waals surface area (Å²) in [7, 11) is 0. The summed E-state index contributed by atoms with van der Waals surface area (Å²) in [5.41, 5.74) is 1.01. The first-order chi connectivity index (χ1) is 9.13. The lowest BCUT2D eigenvalue weighted by atomic mass is 9.95. The molecule has 1 saturated carbocycles. The third-order valence-electron chi connectivity index (χ3n) is 3.39. The molecule has 0 amide bonds. The maximum absolute atomic E-state index is 10.8. The third-order valence-corrected chi connectivity index (χ3v) is 3.39. The Labute approximate surface area is 115 Å². The second-order valence-corrected chi connectivity index (χ2v) is 5.18. The van der Waals surface area contributed by atoms with Crippen LogP contribution in [0.5, 0.6) is 0 Å². The van der Waals surface area contributed by atoms with E-state index in [-0.39, 0.29) is 0 Å². The molecule has 0 aromatic heterocycles. The molecule has 0 bridgehead atoms. The summed E-state index contributed by atoms with van der Waals surface area (Å²) in [5.74, 6) is 1.86. The van der Waals surface area contributed by atoms with E-state index in [2.05, 4.69) is 18.6 Å². The van der Waals surface area contributed by atoms with Gasteiger partial charge >= 0.3 is 0 Å². The van der Waals surface area contributed by atoms with Gasteiger partial charge in [-0.2, -0.15) is 0 Å². The zero-order chi connectivity index (χ0) is 14.1. The topological polar surface area (TPSA) is 43.4 Å². The van der Waals surface area contributed by atoms with Crippen LogP contribution in [0.1, 0.15) is 38.7 Å². The summed E-state index contributed by atoms with van der Waals surface area (Å²) in [6.07, 6.45) is 2.82. The molecule has 0 N–H and O–H groups in total. The number of rotatable bonds is 4. The molecule has 1 aliphatic rings. The Hall–Kier alpha value is -1.64. The van der Waals surface area contributed by atoms with Crippen LogP contribution in [0, 0.1) is 11.8 Å². The second kappa shape index (κ2) is 8.46. The molecule has 1 aliphatic carbocycles. The van der Waals surface area contributed by atoms with Crippen LogP contribution in [-0.2, 0) is 20.9 Å². The van der Waals surface area contributed by atoms with Crippen molar-refractivity contribution in [1.82, 2.24) is 0 Å². The highest BCUT2D eigenvalue weighted by Gasteiger charge is 2.23. The number of hydrogen-bond donors (Lipinski definition) is 0. The molecule has 0 saturated heterocycles. The number of Topliss-reactive ketones (excluding diaryl/α,β-unsaturated/α-hetero) is 1. The summed E-state index contributed by atoms with van der Waals surface area (Å²) in [6.45, 7) is 5.21. The molecule has 3 heteroatoms. The van der Waals surface area contributed by atoms with Crippen molar-refractivity contribution in [2.24, 2.45) is 11.8 Å². The standard InChI is InChI=1S/C8H8O2.C8H14O/c9-7-10-6-8-4-2-1-3-5-8;1-6(2)7-3-4-8(9)5-7/h1-5,7H,6H2;6-7H,3-5H2,1-2H3. The molecule has 0 spiro atoms. The minimum atomic E-state index is 0.365. The van der Waals surface area contributed by atoms with E-state index in [0.29, 0.717) is 30.7 Å². The molecule has 19 heavy (non-hydrogen) atoms. The summed E-state index contributed by atoms with van der Waals surface area (Å²) in [6, 6.07) is 9.55. The van der Waals surface area contributed by atoms with E-state index in [1.165, 1.54) is 0 Å². The van der Waals surface area contributed by atoms with Gasteiger partial charge in [0.15, 0.2) is 0 Å². The SMILES string of the molecule is CC(C)C1CCC(=O)C1.O=COCc1ccccc1. The van der Waals surface area contributed by atoms with Crippen LogP contribution in [-0.4, -0.2) is 12.3 Å². The normalized spacial score (nSPS) is 17.8. The Kier molecular flexibility index (Phi) is 6.86. The summed E-state index contributed by atoms with van der Waals surface area (Å²) >= 11 is 0. The zero-order valence-corrected chi connectivity index (χ0v) is 11.7. The first-order valence-corrected chi connectivity index (χ1v) is 6.74. The molecule has 1 aromatic carbocycles. The van der Waals surface area contributed by atoms with Crippen LogP contribution in [0.3, 0.4) is 0 Å². The number of benzene rings is 1. The van der Waals surface area contributed by atoms with Gasteiger partial charge in [0.1, 0.15) is 12.4 Å². The number of carbonyl (C=O) groups excluding carboxylic acids is 2. The summed E-state index contributed by atoms with van der Waals surface area (Å²) in [5, 5.41) is 0. The molecule has 104 valence electrons. The average molecular weight is 262 g/mol. The maximum Gasteiger partial charge on any atom is 0.293 e. The molecule has 1 unspecified atom stereocenters. The Morgan fingerprint density at radius 3 is 2.42 bits per heavy atom. The fourth-order valence-corrected chi connectivity index (χ4v) is 2.12. The Bertz CT molecular complexity index is 384. The molecule has 1 atom stereocenters. The predicted octanol–water partition coefficient (Wildman–Crippen LogP) is 3.37. The Morgan fingerprint density at radius 1 is 1.32 bits per heavy atom. The minimum absolute atomic E-state index is 0.365. The van der Waals surface area contributed by atoms with Crippen molar-refractivity contribution in [2.45, 2.75) is 39.7 Å². The lowest BCUT2D eigenvalue weighted by Crippen LogP contribution is -2.03. The average Bonchev–Trinajstić information content (AvgIpc) is 2.85. The highest BCUT2D eigenvalue weighted by atomic mass is 16.5. The van der Waals surface area contributed by atoms with E-state index in [4.69, 9.17) is 0 Å². The van der Waals surface area contributed by atoms with E-state index < -0.39 is 0 Å². The van der Waals surface area contributed by atoms with Gasteiger partial charge in [0.2, 0.25) is 0 Å². The molecule has 1 aromatic rings. The zero-order valence-electron chi connectivity index (χ0n) is 11.7. The Balaban J connectivity index is 0.000000191. The van der Waals surface area contributed by atoms with Crippen molar-refractivity contribution >= 4 is 12.3 Å². The summed E-state index contributed by atoms with van der Waals surface area (Å²) < 4.78 is 4.54. The third kappa shape index (κ3) is 6.18. The molecule has 1 fully saturated rings. The van der Waals surface area contributed by atoms with Gasteiger partial charge in [-0.15, -0.1) is 0 Å². The van der Waals surface area contributed by atoms with Gasteiger partial charge in [0.25, 0.3) is 6.47 Å². The fourth-order valence-electron chi connectivity index (χ4n) is 2.12. The largest absolute Gasteiger partial charge is 0.463 e. The highest BCUT2D eigenvalue weighted by molar-refractivity contribution is 5.80. The van der Waals surface area contributed by atoms with Crippen LogP contribution < -0.4 is 0 Å². The van der Waals surface area contributed by atoms with Crippen LogP contribution in [0.15, 0.2) is 30.3 Å². The van der Waals surface area contributed by atoms with Crippen LogP contribution in [0.4, 0.5) is 0 Å². The first-order valence-electron chi connectivity index (χ1n) is 6.74. The Morgan fingerprint density at radius 2 is 2.00 bits per heavy atom. The maximum atomic E-state index is 10.8. The van der Waals surface area contributed by atoms with Gasteiger partial charge in [-0.25, -0.2) is 0 Å². The monoisotopic (exact) mass is 262 g/mol. The van der Waals surface area contributed by atoms with E-state index in [9.17, 15) is 9.59 Å². The van der Waals surface area contributed by atoms with Crippen LogP contribution >= 0.6 is 0 Å². The van der Waals surface area contributed by atoms with Gasteiger partial charge in [-0.1, -0.05) is 44.2 Å². The molecule has 0 aliphatic heterocycles. The molecular formula is C16H22O3. The van der Waals surface area contributed by atoms with Crippen molar-refractivity contribution in [3.05, 3.63) is 35.9 Å². The molecule has 0 heterocycles. The van der Waals surface area contributed by atoms with Crippen molar-refractivity contribution in [3.8, 4) is 0 Å². The van der Waals surface area contributed by atoms with E-state index in [1.54, 1.807) is 0 Å². The number of ether oxygens (including phenoxy) is 1. The van der Waals surface area contributed by atoms with Crippen LogP contribution in [0.2, 0.25) is 0 Å². The number of hydrogen-bond acceptors (Lipinski definition) is 3. The number of ketones is 1. The van der Waals surface area contributed by atoms with Gasteiger partial charge in [0.05, 0.1) is 0 Å². The van der Waals surface area contributed by atoms with Gasteiger partial charge in [-0.05, 0) is 23.8 Å². The molecule has 0 radical (unpaired) electrons.